The number of benzene rings is 1. The van der Waals surface area contributed by atoms with Gasteiger partial charge in [-0.3, -0.25) is 0 Å². The number of nitrogens with zero attached hydrogens (tertiary/aromatic N) is 2. The fourth-order valence-corrected chi connectivity index (χ4v) is 2.86. The van der Waals surface area contributed by atoms with Crippen molar-refractivity contribution in [1.29, 1.82) is 0 Å². The molecule has 0 aliphatic rings. The van der Waals surface area contributed by atoms with Crippen LogP contribution in [0.25, 0.3) is 10.8 Å². The highest BCUT2D eigenvalue weighted by Crippen LogP contribution is 2.24. The van der Waals surface area contributed by atoms with Crippen LogP contribution in [0.3, 0.4) is 0 Å². The number of halogens is 1. The summed E-state index contributed by atoms with van der Waals surface area (Å²) in [4.78, 5) is 2.05. The van der Waals surface area contributed by atoms with E-state index in [4.69, 9.17) is 4.42 Å². The van der Waals surface area contributed by atoms with Gasteiger partial charge in [0.2, 0.25) is 0 Å². The van der Waals surface area contributed by atoms with E-state index in [9.17, 15) is 4.39 Å². The van der Waals surface area contributed by atoms with Crippen LogP contribution in [0.2, 0.25) is 0 Å². The zero-order valence-corrected chi connectivity index (χ0v) is 13.2. The molecule has 0 fully saturated rings. The van der Waals surface area contributed by atoms with Gasteiger partial charge in [0.25, 0.3) is 11.8 Å². The van der Waals surface area contributed by atoms with Gasteiger partial charge in [-0.25, -0.2) is 4.39 Å². The van der Waals surface area contributed by atoms with E-state index >= 15 is 0 Å². The molecule has 0 saturated carbocycles. The van der Waals surface area contributed by atoms with Crippen LogP contribution in [0.15, 0.2) is 46.2 Å². The number of hydrogen-bond donors (Lipinski definition) is 1. The summed E-state index contributed by atoms with van der Waals surface area (Å²) >= 11 is 1.56. The molecule has 0 spiro atoms. The van der Waals surface area contributed by atoms with E-state index in [2.05, 4.69) is 10.2 Å². The van der Waals surface area contributed by atoms with Crippen molar-refractivity contribution in [1.82, 2.24) is 10.2 Å². The highest BCUT2D eigenvalue weighted by Gasteiger charge is 2.23. The summed E-state index contributed by atoms with van der Waals surface area (Å²) in [5.74, 6) is 0.923. The Morgan fingerprint density at radius 2 is 2.05 bits per heavy atom. The zero-order chi connectivity index (χ0) is 15.5. The molecule has 2 heterocycles. The Morgan fingerprint density at radius 3 is 2.77 bits per heavy atom. The highest BCUT2D eigenvalue weighted by molar-refractivity contribution is 7.13. The summed E-state index contributed by atoms with van der Waals surface area (Å²) < 4.78 is 19.5. The van der Waals surface area contributed by atoms with Crippen molar-refractivity contribution in [2.75, 3.05) is 7.05 Å². The Hall–Kier alpha value is -2.05. The molecule has 2 aromatic heterocycles. The second-order valence-electron chi connectivity index (χ2n) is 5.26. The largest absolute Gasteiger partial charge is 0.414 e. The molecular weight excluding hydrogens is 301 g/mol. The number of thiophene rings is 1. The van der Waals surface area contributed by atoms with Crippen LogP contribution in [-0.4, -0.2) is 17.2 Å². The summed E-state index contributed by atoms with van der Waals surface area (Å²) in [5, 5.41) is 10.2. The predicted molar refractivity (Wildman–Crippen MR) is 83.0 cm³/mol. The average Bonchev–Trinajstić information content (AvgIpc) is 3.19. The van der Waals surface area contributed by atoms with Crippen molar-refractivity contribution in [3.05, 3.63) is 59.0 Å². The molecule has 4 nitrogen and oxygen atoms in total. The lowest BCUT2D eigenvalue weighted by atomic mass is 10.2. The first-order valence-corrected chi connectivity index (χ1v) is 7.96. The molecule has 2 atom stereocenters. The molecule has 0 radical (unpaired) electrons. The zero-order valence-electron chi connectivity index (χ0n) is 12.4. The maximum atomic E-state index is 13.7. The smallest absolute Gasteiger partial charge is 0.274 e. The third-order valence-corrected chi connectivity index (χ3v) is 4.57. The van der Waals surface area contributed by atoms with Crippen LogP contribution in [-0.2, 0) is 6.54 Å². The average molecular weight is 318 g/mol. The monoisotopic (exact) mass is 318 g/mol. The number of rotatable bonds is 5. The number of quaternary nitrogens is 1. The quantitative estimate of drug-likeness (QED) is 0.786. The molecule has 3 rings (SSSR count). The summed E-state index contributed by atoms with van der Waals surface area (Å²) in [6.07, 6.45) is 0. The lowest BCUT2D eigenvalue weighted by Gasteiger charge is -2.19. The van der Waals surface area contributed by atoms with Crippen LogP contribution < -0.4 is 4.90 Å². The highest BCUT2D eigenvalue weighted by atomic mass is 32.1. The van der Waals surface area contributed by atoms with Gasteiger partial charge in [-0.15, -0.1) is 21.5 Å². The van der Waals surface area contributed by atoms with Crippen molar-refractivity contribution >= 4 is 11.3 Å². The molecule has 0 aliphatic carbocycles. The summed E-state index contributed by atoms with van der Waals surface area (Å²) in [6.45, 7) is 2.56. The van der Waals surface area contributed by atoms with E-state index in [1.54, 1.807) is 23.5 Å². The summed E-state index contributed by atoms with van der Waals surface area (Å²) in [7, 11) is 1.99. The minimum absolute atomic E-state index is 0.0131. The van der Waals surface area contributed by atoms with Crippen LogP contribution in [0.1, 0.15) is 24.4 Å². The number of nitrogens with one attached hydrogen (secondary N) is 1. The lowest BCUT2D eigenvalue weighted by molar-refractivity contribution is -0.925. The minimum Gasteiger partial charge on any atom is -0.414 e. The van der Waals surface area contributed by atoms with Crippen molar-refractivity contribution in [3.8, 4) is 10.8 Å². The van der Waals surface area contributed by atoms with Crippen molar-refractivity contribution in [2.24, 2.45) is 0 Å². The molecule has 6 heteroatoms. The van der Waals surface area contributed by atoms with Crippen molar-refractivity contribution < 1.29 is 13.7 Å². The van der Waals surface area contributed by atoms with Crippen LogP contribution >= 0.6 is 11.3 Å². The Labute approximate surface area is 132 Å². The Bertz CT molecular complexity index is 741. The minimum atomic E-state index is -0.182. The third-order valence-electron chi connectivity index (χ3n) is 3.71. The van der Waals surface area contributed by atoms with Crippen LogP contribution in [0, 0.1) is 5.82 Å². The third kappa shape index (κ3) is 3.08. The van der Waals surface area contributed by atoms with Gasteiger partial charge in [-0.05, 0) is 24.4 Å². The van der Waals surface area contributed by atoms with Gasteiger partial charge >= 0.3 is 0 Å². The van der Waals surface area contributed by atoms with E-state index in [1.807, 2.05) is 37.6 Å². The van der Waals surface area contributed by atoms with E-state index in [0.29, 0.717) is 23.9 Å². The standard InChI is InChI=1S/C16H16FN3OS/c1-11(20(2)10-12-6-3-4-7-13(12)17)15-18-19-16(21-15)14-8-5-9-22-14/h3-9,11H,10H2,1-2H3/p+1/t11-/m0/s1. The first-order valence-electron chi connectivity index (χ1n) is 7.08. The summed E-state index contributed by atoms with van der Waals surface area (Å²) in [6, 6.07) is 10.7. The second-order valence-corrected chi connectivity index (χ2v) is 6.21. The van der Waals surface area contributed by atoms with Gasteiger partial charge in [0.05, 0.1) is 11.9 Å². The SMILES string of the molecule is C[C@@H](c1nnc(-c2cccs2)o1)[NH+](C)Cc1ccccc1F. The second kappa shape index (κ2) is 6.37. The molecule has 0 aliphatic heterocycles. The number of hydrogen-bond acceptors (Lipinski definition) is 4. The fourth-order valence-electron chi connectivity index (χ4n) is 2.22. The molecule has 1 unspecified atom stereocenters. The van der Waals surface area contributed by atoms with Gasteiger partial charge < -0.3 is 9.32 Å². The van der Waals surface area contributed by atoms with Gasteiger partial charge in [0, 0.05) is 5.56 Å². The van der Waals surface area contributed by atoms with Gasteiger partial charge in [0.1, 0.15) is 12.4 Å². The molecule has 114 valence electrons. The van der Waals surface area contributed by atoms with E-state index < -0.39 is 0 Å². The normalized spacial score (nSPS) is 14.0. The Balaban J connectivity index is 1.73. The van der Waals surface area contributed by atoms with Gasteiger partial charge in [-0.2, -0.15) is 0 Å². The molecule has 3 aromatic rings. The van der Waals surface area contributed by atoms with E-state index in [1.165, 1.54) is 6.07 Å². The number of aromatic nitrogens is 2. The topological polar surface area (TPSA) is 43.4 Å². The lowest BCUT2D eigenvalue weighted by Crippen LogP contribution is -3.07. The van der Waals surface area contributed by atoms with Crippen molar-refractivity contribution in [2.45, 2.75) is 19.5 Å². The predicted octanol–water partition coefficient (Wildman–Crippen LogP) is 2.71. The Morgan fingerprint density at radius 1 is 1.23 bits per heavy atom. The molecule has 22 heavy (non-hydrogen) atoms. The van der Waals surface area contributed by atoms with E-state index in [-0.39, 0.29) is 11.9 Å². The molecular formula is C16H17FN3OS+. The van der Waals surface area contributed by atoms with E-state index in [0.717, 1.165) is 9.78 Å². The maximum absolute atomic E-state index is 13.7. The molecule has 0 saturated heterocycles. The van der Waals surface area contributed by atoms with Crippen molar-refractivity contribution in [3.63, 3.8) is 0 Å². The molecule has 1 N–H and O–H groups in total. The first kappa shape index (κ1) is 14.9. The van der Waals surface area contributed by atoms with Gasteiger partial charge in [0.15, 0.2) is 6.04 Å². The summed E-state index contributed by atoms with van der Waals surface area (Å²) in [5.41, 5.74) is 0.685. The maximum Gasteiger partial charge on any atom is 0.274 e. The molecule has 0 amide bonds. The molecule has 0 bridgehead atoms. The molecule has 1 aromatic carbocycles. The van der Waals surface area contributed by atoms with Crippen LogP contribution in [0.4, 0.5) is 4.39 Å². The Kier molecular flexibility index (Phi) is 4.31. The fraction of sp³-hybridized carbons (Fsp3) is 0.250. The van der Waals surface area contributed by atoms with Crippen LogP contribution in [0.5, 0.6) is 0 Å². The van der Waals surface area contributed by atoms with Gasteiger partial charge in [-0.1, -0.05) is 24.3 Å². The first-order chi connectivity index (χ1) is 10.6.